The van der Waals surface area contributed by atoms with Gasteiger partial charge in [-0.3, -0.25) is 9.59 Å². The summed E-state index contributed by atoms with van der Waals surface area (Å²) in [5.41, 5.74) is 1.94. The number of piperidine rings is 1. The summed E-state index contributed by atoms with van der Waals surface area (Å²) >= 11 is 0. The molecular weight excluding hydrogens is 316 g/mol. The van der Waals surface area contributed by atoms with Crippen LogP contribution >= 0.6 is 0 Å². The minimum Gasteiger partial charge on any atom is -0.469 e. The first-order chi connectivity index (χ1) is 12.2. The Hall–Kier alpha value is -2.56. The molecule has 1 aromatic heterocycles. The number of nitrogens with one attached hydrogen (secondary N) is 1. The van der Waals surface area contributed by atoms with E-state index in [1.807, 2.05) is 41.3 Å². The molecule has 1 N–H and O–H groups in total. The molecule has 130 valence electrons. The molecule has 0 unspecified atom stereocenters. The van der Waals surface area contributed by atoms with Gasteiger partial charge in [-0.1, -0.05) is 12.1 Å². The predicted molar refractivity (Wildman–Crippen MR) is 94.0 cm³/mol. The SMILES string of the molecule is O=C(NCc1cccc(N2CCCCC2=O)c1)[C@H]1C[C@H]1c1ccco1. The molecule has 4 rings (SSSR count). The van der Waals surface area contributed by atoms with Gasteiger partial charge >= 0.3 is 0 Å². The highest BCUT2D eigenvalue weighted by Crippen LogP contribution is 2.47. The minimum absolute atomic E-state index is 0.0120. The van der Waals surface area contributed by atoms with Crippen molar-refractivity contribution in [2.75, 3.05) is 11.4 Å². The van der Waals surface area contributed by atoms with Gasteiger partial charge in [0.1, 0.15) is 5.76 Å². The lowest BCUT2D eigenvalue weighted by molar-refractivity contribution is -0.122. The Labute approximate surface area is 147 Å². The fourth-order valence-electron chi connectivity index (χ4n) is 3.53. The summed E-state index contributed by atoms with van der Waals surface area (Å²) < 4.78 is 5.38. The Bertz CT molecular complexity index is 769. The molecule has 1 aliphatic heterocycles. The van der Waals surface area contributed by atoms with Gasteiger partial charge in [-0.05, 0) is 49.1 Å². The van der Waals surface area contributed by atoms with Crippen molar-refractivity contribution in [2.24, 2.45) is 5.92 Å². The molecule has 5 nitrogen and oxygen atoms in total. The molecule has 0 radical (unpaired) electrons. The van der Waals surface area contributed by atoms with Crippen molar-refractivity contribution in [3.63, 3.8) is 0 Å². The summed E-state index contributed by atoms with van der Waals surface area (Å²) in [5, 5.41) is 3.01. The highest BCUT2D eigenvalue weighted by molar-refractivity contribution is 5.94. The van der Waals surface area contributed by atoms with Crippen LogP contribution in [0.2, 0.25) is 0 Å². The Kier molecular flexibility index (Phi) is 4.30. The van der Waals surface area contributed by atoms with E-state index >= 15 is 0 Å². The number of carbonyl (C=O) groups is 2. The number of rotatable bonds is 5. The number of hydrogen-bond donors (Lipinski definition) is 1. The fraction of sp³-hybridized carbons (Fsp3) is 0.400. The Morgan fingerprint density at radius 1 is 1.24 bits per heavy atom. The van der Waals surface area contributed by atoms with Gasteiger partial charge in [0.2, 0.25) is 11.8 Å². The van der Waals surface area contributed by atoms with Gasteiger partial charge in [0.25, 0.3) is 0 Å². The van der Waals surface area contributed by atoms with Gasteiger partial charge < -0.3 is 14.6 Å². The maximum Gasteiger partial charge on any atom is 0.226 e. The maximum absolute atomic E-state index is 12.3. The number of benzene rings is 1. The summed E-state index contributed by atoms with van der Waals surface area (Å²) in [6.07, 6.45) is 5.14. The van der Waals surface area contributed by atoms with Crippen LogP contribution in [0.15, 0.2) is 47.1 Å². The lowest BCUT2D eigenvalue weighted by Gasteiger charge is -2.27. The largest absolute Gasteiger partial charge is 0.469 e. The number of furan rings is 1. The summed E-state index contributed by atoms with van der Waals surface area (Å²) in [4.78, 5) is 26.2. The molecule has 1 saturated heterocycles. The van der Waals surface area contributed by atoms with E-state index in [4.69, 9.17) is 4.42 Å². The predicted octanol–water partition coefficient (Wildman–Crippen LogP) is 3.22. The van der Waals surface area contributed by atoms with Crippen molar-refractivity contribution < 1.29 is 14.0 Å². The number of amides is 2. The molecule has 25 heavy (non-hydrogen) atoms. The second-order valence-electron chi connectivity index (χ2n) is 6.85. The molecule has 2 heterocycles. The first-order valence-electron chi connectivity index (χ1n) is 8.93. The average Bonchev–Trinajstić information content (AvgIpc) is 3.25. The zero-order valence-corrected chi connectivity index (χ0v) is 14.1. The van der Waals surface area contributed by atoms with E-state index in [2.05, 4.69) is 5.32 Å². The first-order valence-corrected chi connectivity index (χ1v) is 8.93. The monoisotopic (exact) mass is 338 g/mol. The summed E-state index contributed by atoms with van der Waals surface area (Å²) in [7, 11) is 0. The zero-order valence-electron chi connectivity index (χ0n) is 14.1. The molecule has 2 fully saturated rings. The summed E-state index contributed by atoms with van der Waals surface area (Å²) in [5.74, 6) is 1.38. The van der Waals surface area contributed by atoms with Crippen LogP contribution in [0.5, 0.6) is 0 Å². The van der Waals surface area contributed by atoms with E-state index in [0.717, 1.165) is 42.8 Å². The topological polar surface area (TPSA) is 62.6 Å². The van der Waals surface area contributed by atoms with E-state index < -0.39 is 0 Å². The second kappa shape index (κ2) is 6.75. The highest BCUT2D eigenvalue weighted by Gasteiger charge is 2.45. The van der Waals surface area contributed by atoms with Crippen molar-refractivity contribution in [1.82, 2.24) is 5.32 Å². The molecule has 5 heteroatoms. The molecule has 2 aromatic rings. The van der Waals surface area contributed by atoms with E-state index in [1.54, 1.807) is 6.26 Å². The molecule has 1 aromatic carbocycles. The Balaban J connectivity index is 1.35. The first kappa shape index (κ1) is 15.9. The summed E-state index contributed by atoms with van der Waals surface area (Å²) in [6.45, 7) is 1.26. The molecule has 1 aliphatic carbocycles. The molecule has 0 bridgehead atoms. The highest BCUT2D eigenvalue weighted by atomic mass is 16.3. The summed E-state index contributed by atoms with van der Waals surface area (Å²) in [6, 6.07) is 11.7. The van der Waals surface area contributed by atoms with E-state index in [0.29, 0.717) is 13.0 Å². The van der Waals surface area contributed by atoms with E-state index in [9.17, 15) is 9.59 Å². The van der Waals surface area contributed by atoms with Gasteiger partial charge in [0.05, 0.1) is 6.26 Å². The molecule has 1 saturated carbocycles. The van der Waals surface area contributed by atoms with Gasteiger partial charge in [-0.2, -0.15) is 0 Å². The van der Waals surface area contributed by atoms with Gasteiger partial charge in [0, 0.05) is 37.0 Å². The molecular formula is C20H22N2O3. The fourth-order valence-corrected chi connectivity index (χ4v) is 3.53. The smallest absolute Gasteiger partial charge is 0.226 e. The standard InChI is InChI=1S/C20H22N2O3/c23-19-8-1-2-9-22(19)15-6-3-5-14(11-15)13-21-20(24)17-12-16(17)18-7-4-10-25-18/h3-7,10-11,16-17H,1-2,8-9,12-13H2,(H,21,24)/t16-,17+/m1/s1. The maximum atomic E-state index is 12.3. The van der Waals surface area contributed by atoms with Crippen LogP contribution in [0.4, 0.5) is 5.69 Å². The normalized spacial score (nSPS) is 22.7. The van der Waals surface area contributed by atoms with Crippen molar-refractivity contribution in [3.05, 3.63) is 54.0 Å². The van der Waals surface area contributed by atoms with Crippen molar-refractivity contribution >= 4 is 17.5 Å². The van der Waals surface area contributed by atoms with Gasteiger partial charge in [-0.15, -0.1) is 0 Å². The molecule has 2 amide bonds. The Morgan fingerprint density at radius 2 is 2.16 bits per heavy atom. The lowest BCUT2D eigenvalue weighted by atomic mass is 10.1. The van der Waals surface area contributed by atoms with E-state index in [1.165, 1.54) is 0 Å². The third kappa shape index (κ3) is 3.45. The zero-order chi connectivity index (χ0) is 17.2. The average molecular weight is 338 g/mol. The van der Waals surface area contributed by atoms with Gasteiger partial charge in [-0.25, -0.2) is 0 Å². The number of nitrogens with zero attached hydrogens (tertiary/aromatic N) is 1. The Morgan fingerprint density at radius 3 is 2.96 bits per heavy atom. The second-order valence-corrected chi connectivity index (χ2v) is 6.85. The quantitative estimate of drug-likeness (QED) is 0.910. The van der Waals surface area contributed by atoms with Crippen LogP contribution in [0, 0.1) is 5.92 Å². The third-order valence-corrected chi connectivity index (χ3v) is 5.05. The number of anilines is 1. The molecule has 2 aliphatic rings. The van der Waals surface area contributed by atoms with Crippen LogP contribution in [0.25, 0.3) is 0 Å². The molecule has 2 atom stereocenters. The van der Waals surface area contributed by atoms with Crippen molar-refractivity contribution in [1.29, 1.82) is 0 Å². The van der Waals surface area contributed by atoms with Crippen LogP contribution in [0.3, 0.4) is 0 Å². The molecule has 0 spiro atoms. The minimum atomic E-state index is 0.0120. The van der Waals surface area contributed by atoms with Crippen LogP contribution in [-0.2, 0) is 16.1 Å². The number of hydrogen-bond acceptors (Lipinski definition) is 3. The van der Waals surface area contributed by atoms with Gasteiger partial charge in [0.15, 0.2) is 0 Å². The van der Waals surface area contributed by atoms with Crippen LogP contribution < -0.4 is 10.2 Å². The van der Waals surface area contributed by atoms with E-state index in [-0.39, 0.29) is 23.7 Å². The third-order valence-electron chi connectivity index (χ3n) is 5.05. The lowest BCUT2D eigenvalue weighted by Crippen LogP contribution is -2.35. The van der Waals surface area contributed by atoms with Crippen molar-refractivity contribution in [3.8, 4) is 0 Å². The number of carbonyl (C=O) groups excluding carboxylic acids is 2. The van der Waals surface area contributed by atoms with Crippen LogP contribution in [0.1, 0.15) is 42.9 Å². The van der Waals surface area contributed by atoms with Crippen molar-refractivity contribution in [2.45, 2.75) is 38.1 Å². The van der Waals surface area contributed by atoms with Crippen LogP contribution in [-0.4, -0.2) is 18.4 Å².